The predicted molar refractivity (Wildman–Crippen MR) is 125 cm³/mol. The van der Waals surface area contributed by atoms with E-state index in [1.165, 1.54) is 18.2 Å². The lowest BCUT2D eigenvalue weighted by atomic mass is 9.97. The molecule has 7 heteroatoms. The SMILES string of the molecule is C#Cc1ccc2c(c1)[nH]c1c2c(=O)c2cc(C)c(-c3cccc(S(=O)(=O)F)c3)cc2n1C. The zero-order valence-electron chi connectivity index (χ0n) is 17.2. The highest BCUT2D eigenvalue weighted by atomic mass is 32.3. The molecule has 5 rings (SSSR count). The molecule has 158 valence electrons. The van der Waals surface area contributed by atoms with Crippen molar-refractivity contribution in [3.63, 3.8) is 0 Å². The van der Waals surface area contributed by atoms with Crippen LogP contribution in [0.2, 0.25) is 0 Å². The number of aryl methyl sites for hydroxylation is 2. The number of hydrogen-bond donors (Lipinski definition) is 1. The standard InChI is InChI=1S/C25H17FN2O3S/c1-4-15-8-9-18-21(11-15)27-25-23(18)24(29)20-10-14(2)19(13-22(20)28(25)3)16-6-5-7-17(12-16)32(26,30)31/h1,5-13,27H,2-3H3. The highest BCUT2D eigenvalue weighted by Crippen LogP contribution is 2.32. The van der Waals surface area contributed by atoms with Gasteiger partial charge in [0, 0.05) is 28.9 Å². The highest BCUT2D eigenvalue weighted by molar-refractivity contribution is 7.86. The number of halogens is 1. The number of H-pyrrole nitrogens is 1. The molecule has 0 radical (unpaired) electrons. The Morgan fingerprint density at radius 2 is 1.84 bits per heavy atom. The van der Waals surface area contributed by atoms with Crippen molar-refractivity contribution in [3.8, 4) is 23.5 Å². The minimum Gasteiger partial charge on any atom is -0.340 e. The zero-order chi connectivity index (χ0) is 22.8. The number of aromatic nitrogens is 2. The van der Waals surface area contributed by atoms with Crippen molar-refractivity contribution in [2.75, 3.05) is 0 Å². The first-order valence-electron chi connectivity index (χ1n) is 9.79. The van der Waals surface area contributed by atoms with E-state index in [9.17, 15) is 17.1 Å². The molecule has 0 bridgehead atoms. The van der Waals surface area contributed by atoms with E-state index in [1.54, 1.807) is 18.2 Å². The van der Waals surface area contributed by atoms with Gasteiger partial charge in [0.25, 0.3) is 0 Å². The summed E-state index contributed by atoms with van der Waals surface area (Å²) in [4.78, 5) is 16.3. The maximum absolute atomic E-state index is 13.5. The van der Waals surface area contributed by atoms with Crippen molar-refractivity contribution in [1.29, 1.82) is 0 Å². The Labute approximate surface area is 183 Å². The summed E-state index contributed by atoms with van der Waals surface area (Å²) in [5, 5.41) is 1.91. The van der Waals surface area contributed by atoms with Gasteiger partial charge in [0.1, 0.15) is 5.65 Å². The normalized spacial score (nSPS) is 11.9. The molecule has 5 aromatic rings. The minimum atomic E-state index is -4.83. The molecule has 2 heterocycles. The Balaban J connectivity index is 1.85. The van der Waals surface area contributed by atoms with Crippen LogP contribution in [0.4, 0.5) is 3.89 Å². The maximum atomic E-state index is 13.5. The summed E-state index contributed by atoms with van der Waals surface area (Å²) >= 11 is 0. The fourth-order valence-corrected chi connectivity index (χ4v) is 4.80. The predicted octanol–water partition coefficient (Wildman–Crippen LogP) is 4.79. The zero-order valence-corrected chi connectivity index (χ0v) is 18.0. The topological polar surface area (TPSA) is 71.9 Å². The van der Waals surface area contributed by atoms with Crippen LogP contribution < -0.4 is 5.43 Å². The molecule has 0 saturated carbocycles. The van der Waals surface area contributed by atoms with E-state index in [0.29, 0.717) is 38.6 Å². The van der Waals surface area contributed by atoms with Crippen molar-refractivity contribution in [1.82, 2.24) is 9.55 Å². The van der Waals surface area contributed by atoms with Crippen LogP contribution in [-0.4, -0.2) is 18.0 Å². The molecule has 0 aliphatic heterocycles. The van der Waals surface area contributed by atoms with Crippen LogP contribution >= 0.6 is 0 Å². The lowest BCUT2D eigenvalue weighted by Crippen LogP contribution is -2.09. The summed E-state index contributed by atoms with van der Waals surface area (Å²) in [6.45, 7) is 1.84. The van der Waals surface area contributed by atoms with Crippen LogP contribution in [0.5, 0.6) is 0 Å². The summed E-state index contributed by atoms with van der Waals surface area (Å²) in [6.07, 6.45) is 5.51. The lowest BCUT2D eigenvalue weighted by molar-refractivity contribution is 0.552. The van der Waals surface area contributed by atoms with E-state index in [-0.39, 0.29) is 5.43 Å². The number of benzene rings is 3. The number of nitrogens with zero attached hydrogens (tertiary/aromatic N) is 1. The van der Waals surface area contributed by atoms with E-state index >= 15 is 0 Å². The van der Waals surface area contributed by atoms with E-state index < -0.39 is 15.1 Å². The molecule has 0 saturated heterocycles. The first-order chi connectivity index (χ1) is 15.2. The third kappa shape index (κ3) is 2.92. The number of rotatable bonds is 2. The molecule has 0 atom stereocenters. The summed E-state index contributed by atoms with van der Waals surface area (Å²) in [5.74, 6) is 2.60. The molecule has 0 amide bonds. The van der Waals surface area contributed by atoms with Gasteiger partial charge in [0.15, 0.2) is 5.43 Å². The van der Waals surface area contributed by atoms with Crippen molar-refractivity contribution in [3.05, 3.63) is 75.9 Å². The van der Waals surface area contributed by atoms with Crippen LogP contribution in [0.25, 0.3) is 44.0 Å². The van der Waals surface area contributed by atoms with Gasteiger partial charge in [-0.2, -0.15) is 8.42 Å². The number of pyridine rings is 1. The molecular weight excluding hydrogens is 427 g/mol. The summed E-state index contributed by atoms with van der Waals surface area (Å²) in [6, 6.07) is 14.8. The van der Waals surface area contributed by atoms with Crippen LogP contribution in [0.15, 0.2) is 64.3 Å². The Morgan fingerprint density at radius 1 is 1.06 bits per heavy atom. The monoisotopic (exact) mass is 444 g/mol. The lowest BCUT2D eigenvalue weighted by Gasteiger charge is -2.13. The second-order valence-corrected chi connectivity index (χ2v) is 9.14. The van der Waals surface area contributed by atoms with Crippen LogP contribution in [0.3, 0.4) is 0 Å². The van der Waals surface area contributed by atoms with E-state index in [0.717, 1.165) is 16.5 Å². The number of nitrogens with one attached hydrogen (secondary N) is 1. The quantitative estimate of drug-likeness (QED) is 0.314. The van der Waals surface area contributed by atoms with Gasteiger partial charge in [-0.15, -0.1) is 10.3 Å². The molecule has 0 unspecified atom stereocenters. The van der Waals surface area contributed by atoms with Gasteiger partial charge in [-0.25, -0.2) is 0 Å². The summed E-state index contributed by atoms with van der Waals surface area (Å²) < 4.78 is 38.1. The number of aromatic amines is 1. The fourth-order valence-electron chi connectivity index (χ4n) is 4.29. The Bertz CT molecular complexity index is 1810. The maximum Gasteiger partial charge on any atom is 0.332 e. The van der Waals surface area contributed by atoms with Gasteiger partial charge < -0.3 is 9.55 Å². The van der Waals surface area contributed by atoms with Gasteiger partial charge in [-0.05, 0) is 60.0 Å². The molecule has 2 aromatic heterocycles. The van der Waals surface area contributed by atoms with Crippen molar-refractivity contribution in [2.45, 2.75) is 11.8 Å². The van der Waals surface area contributed by atoms with Crippen LogP contribution in [0.1, 0.15) is 11.1 Å². The molecule has 0 spiro atoms. The van der Waals surface area contributed by atoms with Gasteiger partial charge >= 0.3 is 10.2 Å². The second-order valence-electron chi connectivity index (χ2n) is 7.79. The Morgan fingerprint density at radius 3 is 2.56 bits per heavy atom. The Hall–Kier alpha value is -3.89. The average molecular weight is 444 g/mol. The molecule has 1 N–H and O–H groups in total. The van der Waals surface area contributed by atoms with Crippen LogP contribution in [0, 0.1) is 19.3 Å². The van der Waals surface area contributed by atoms with Gasteiger partial charge in [-0.3, -0.25) is 4.79 Å². The average Bonchev–Trinajstić information content (AvgIpc) is 3.16. The van der Waals surface area contributed by atoms with E-state index in [1.807, 2.05) is 36.7 Å². The summed E-state index contributed by atoms with van der Waals surface area (Å²) in [5.41, 5.74) is 4.73. The van der Waals surface area contributed by atoms with Gasteiger partial charge in [0.2, 0.25) is 0 Å². The Kier molecular flexibility index (Phi) is 4.26. The number of hydrogen-bond acceptors (Lipinski definition) is 3. The molecule has 3 aromatic carbocycles. The first kappa shape index (κ1) is 20.0. The van der Waals surface area contributed by atoms with Crippen LogP contribution in [-0.2, 0) is 17.3 Å². The van der Waals surface area contributed by atoms with E-state index in [2.05, 4.69) is 10.9 Å². The number of terminal acetylenes is 1. The second kappa shape index (κ2) is 6.81. The first-order valence-corrected chi connectivity index (χ1v) is 11.2. The molecule has 0 aliphatic rings. The molecule has 0 aliphatic carbocycles. The summed E-state index contributed by atoms with van der Waals surface area (Å²) in [7, 11) is -2.98. The van der Waals surface area contributed by atoms with Crippen molar-refractivity contribution >= 4 is 43.1 Å². The third-order valence-electron chi connectivity index (χ3n) is 5.88. The highest BCUT2D eigenvalue weighted by Gasteiger charge is 2.18. The molecular formula is C25H17FN2O3S. The fraction of sp³-hybridized carbons (Fsp3) is 0.0800. The number of fused-ring (bicyclic) bond motifs is 4. The van der Waals surface area contributed by atoms with Gasteiger partial charge in [-0.1, -0.05) is 24.1 Å². The van der Waals surface area contributed by atoms with Gasteiger partial charge in [0.05, 0.1) is 15.8 Å². The molecule has 5 nitrogen and oxygen atoms in total. The molecule has 32 heavy (non-hydrogen) atoms. The van der Waals surface area contributed by atoms with Crippen molar-refractivity contribution < 1.29 is 12.3 Å². The van der Waals surface area contributed by atoms with E-state index in [4.69, 9.17) is 6.42 Å². The third-order valence-corrected chi connectivity index (χ3v) is 6.70. The largest absolute Gasteiger partial charge is 0.340 e. The van der Waals surface area contributed by atoms with Crippen molar-refractivity contribution in [2.24, 2.45) is 7.05 Å². The smallest absolute Gasteiger partial charge is 0.332 e. The molecule has 0 fully saturated rings. The minimum absolute atomic E-state index is 0.109.